The van der Waals surface area contributed by atoms with E-state index < -0.39 is 6.10 Å². The first-order valence-corrected chi connectivity index (χ1v) is 5.24. The number of ether oxygens (including phenoxy) is 1. The van der Waals surface area contributed by atoms with Crippen LogP contribution in [0.1, 0.15) is 6.92 Å². The summed E-state index contributed by atoms with van der Waals surface area (Å²) in [7, 11) is 0. The fourth-order valence-electron chi connectivity index (χ4n) is 1.24. The van der Waals surface area contributed by atoms with Gasteiger partial charge in [0.25, 0.3) is 0 Å². The predicted octanol–water partition coefficient (Wildman–Crippen LogP) is -0.603. The molecule has 1 aromatic heterocycles. The van der Waals surface area contributed by atoms with Gasteiger partial charge in [-0.25, -0.2) is 0 Å². The van der Waals surface area contributed by atoms with E-state index >= 15 is 0 Å². The summed E-state index contributed by atoms with van der Waals surface area (Å²) in [4.78, 5) is 11.0. The van der Waals surface area contributed by atoms with E-state index in [0.29, 0.717) is 19.7 Å². The number of hydrogen-bond acceptors (Lipinski definition) is 5. The topological polar surface area (TPSA) is 76.4 Å². The fraction of sp³-hybridized carbons (Fsp3) is 0.600. The van der Waals surface area contributed by atoms with Crippen LogP contribution in [0, 0.1) is 0 Å². The van der Waals surface area contributed by atoms with E-state index in [1.807, 2.05) is 0 Å². The molecule has 6 heteroatoms. The molecule has 0 aromatic carbocycles. The van der Waals surface area contributed by atoms with Crippen molar-refractivity contribution in [1.82, 2.24) is 15.1 Å². The first kappa shape index (κ1) is 12.7. The van der Waals surface area contributed by atoms with Crippen LogP contribution in [-0.4, -0.2) is 46.7 Å². The maximum absolute atomic E-state index is 11.0. The van der Waals surface area contributed by atoms with Gasteiger partial charge in [0.15, 0.2) is 0 Å². The van der Waals surface area contributed by atoms with Crippen LogP contribution in [0.4, 0.5) is 0 Å². The van der Waals surface area contributed by atoms with E-state index in [9.17, 15) is 9.90 Å². The van der Waals surface area contributed by atoms with Gasteiger partial charge in [-0.3, -0.25) is 9.48 Å². The van der Waals surface area contributed by atoms with Crippen LogP contribution >= 0.6 is 0 Å². The Morgan fingerprint density at radius 2 is 2.50 bits per heavy atom. The molecule has 1 aromatic rings. The van der Waals surface area contributed by atoms with Crippen molar-refractivity contribution in [3.05, 3.63) is 18.5 Å². The SMILES string of the molecule is CCOC(=O)CNCC(O)Cn1cccn1. The molecule has 0 radical (unpaired) electrons. The molecule has 0 aliphatic rings. The monoisotopic (exact) mass is 227 g/mol. The van der Waals surface area contributed by atoms with Gasteiger partial charge in [-0.05, 0) is 13.0 Å². The van der Waals surface area contributed by atoms with Gasteiger partial charge in [-0.1, -0.05) is 0 Å². The third-order valence-corrected chi connectivity index (χ3v) is 1.91. The minimum absolute atomic E-state index is 0.115. The Hall–Kier alpha value is -1.40. The second-order valence-electron chi connectivity index (χ2n) is 3.32. The molecule has 0 saturated carbocycles. The quantitative estimate of drug-likeness (QED) is 0.608. The number of hydrogen-bond donors (Lipinski definition) is 2. The van der Waals surface area contributed by atoms with Gasteiger partial charge in [0.2, 0.25) is 0 Å². The zero-order chi connectivity index (χ0) is 11.8. The molecule has 0 fully saturated rings. The van der Waals surface area contributed by atoms with E-state index in [-0.39, 0.29) is 12.5 Å². The molecule has 0 aliphatic heterocycles. The summed E-state index contributed by atoms with van der Waals surface area (Å²) in [5.41, 5.74) is 0. The largest absolute Gasteiger partial charge is 0.465 e. The number of nitrogens with one attached hydrogen (secondary N) is 1. The highest BCUT2D eigenvalue weighted by Crippen LogP contribution is 1.89. The lowest BCUT2D eigenvalue weighted by Gasteiger charge is -2.11. The molecular formula is C10H17N3O3. The highest BCUT2D eigenvalue weighted by molar-refractivity contribution is 5.71. The lowest BCUT2D eigenvalue weighted by atomic mass is 10.3. The maximum atomic E-state index is 11.0. The van der Waals surface area contributed by atoms with Gasteiger partial charge < -0.3 is 15.2 Å². The van der Waals surface area contributed by atoms with Crippen molar-refractivity contribution in [2.24, 2.45) is 0 Å². The molecule has 0 bridgehead atoms. The minimum Gasteiger partial charge on any atom is -0.465 e. The Kier molecular flexibility index (Phi) is 5.52. The van der Waals surface area contributed by atoms with Crippen molar-refractivity contribution in [3.63, 3.8) is 0 Å². The zero-order valence-corrected chi connectivity index (χ0v) is 9.30. The molecule has 1 heterocycles. The molecule has 1 rings (SSSR count). The molecule has 0 aliphatic carbocycles. The van der Waals surface area contributed by atoms with Crippen LogP contribution in [-0.2, 0) is 16.1 Å². The average Bonchev–Trinajstić information content (AvgIpc) is 2.70. The van der Waals surface area contributed by atoms with Gasteiger partial charge in [-0.2, -0.15) is 5.10 Å². The standard InChI is InChI=1S/C10H17N3O3/c1-2-16-10(15)7-11-6-9(14)8-13-5-3-4-12-13/h3-5,9,11,14H,2,6-8H2,1H3. The molecule has 0 saturated heterocycles. The first-order chi connectivity index (χ1) is 7.72. The van der Waals surface area contributed by atoms with E-state index in [2.05, 4.69) is 10.4 Å². The summed E-state index contributed by atoms with van der Waals surface area (Å²) in [5, 5.41) is 16.4. The number of carbonyl (C=O) groups is 1. The summed E-state index contributed by atoms with van der Waals surface area (Å²) < 4.78 is 6.36. The van der Waals surface area contributed by atoms with Crippen LogP contribution in [0.25, 0.3) is 0 Å². The number of esters is 1. The van der Waals surface area contributed by atoms with Crippen molar-refractivity contribution in [3.8, 4) is 0 Å². The third kappa shape index (κ3) is 4.90. The molecule has 6 nitrogen and oxygen atoms in total. The summed E-state index contributed by atoms with van der Waals surface area (Å²) in [6, 6.07) is 1.79. The van der Waals surface area contributed by atoms with Crippen molar-refractivity contribution >= 4 is 5.97 Å². The highest BCUT2D eigenvalue weighted by Gasteiger charge is 2.06. The number of nitrogens with zero attached hydrogens (tertiary/aromatic N) is 2. The number of aliphatic hydroxyl groups is 1. The van der Waals surface area contributed by atoms with Gasteiger partial charge >= 0.3 is 5.97 Å². The third-order valence-electron chi connectivity index (χ3n) is 1.91. The van der Waals surface area contributed by atoms with E-state index in [0.717, 1.165) is 0 Å². The van der Waals surface area contributed by atoms with E-state index in [1.54, 1.807) is 30.1 Å². The Bertz CT molecular complexity index is 300. The molecule has 2 N–H and O–H groups in total. The molecule has 16 heavy (non-hydrogen) atoms. The Morgan fingerprint density at radius 1 is 1.69 bits per heavy atom. The summed E-state index contributed by atoms with van der Waals surface area (Å²) in [5.74, 6) is -0.311. The lowest BCUT2D eigenvalue weighted by Crippen LogP contribution is -2.34. The molecule has 1 unspecified atom stereocenters. The molecule has 0 amide bonds. The van der Waals surface area contributed by atoms with Crippen molar-refractivity contribution in [1.29, 1.82) is 0 Å². The van der Waals surface area contributed by atoms with Crippen molar-refractivity contribution in [2.45, 2.75) is 19.6 Å². The molecule has 90 valence electrons. The second-order valence-corrected chi connectivity index (χ2v) is 3.32. The van der Waals surface area contributed by atoms with Crippen molar-refractivity contribution < 1.29 is 14.6 Å². The predicted molar refractivity (Wildman–Crippen MR) is 57.7 cm³/mol. The van der Waals surface area contributed by atoms with Gasteiger partial charge in [-0.15, -0.1) is 0 Å². The Morgan fingerprint density at radius 3 is 3.12 bits per heavy atom. The van der Waals surface area contributed by atoms with Crippen molar-refractivity contribution in [2.75, 3.05) is 19.7 Å². The smallest absolute Gasteiger partial charge is 0.319 e. The first-order valence-electron chi connectivity index (χ1n) is 5.24. The summed E-state index contributed by atoms with van der Waals surface area (Å²) in [6.07, 6.45) is 2.85. The normalized spacial score (nSPS) is 12.4. The molecule has 1 atom stereocenters. The summed E-state index contributed by atoms with van der Waals surface area (Å²) >= 11 is 0. The van der Waals surface area contributed by atoms with Gasteiger partial charge in [0, 0.05) is 18.9 Å². The number of aliphatic hydroxyl groups excluding tert-OH is 1. The number of rotatable bonds is 7. The lowest BCUT2D eigenvalue weighted by molar-refractivity contribution is -0.142. The highest BCUT2D eigenvalue weighted by atomic mass is 16.5. The fourth-order valence-corrected chi connectivity index (χ4v) is 1.24. The number of carbonyl (C=O) groups excluding carboxylic acids is 1. The molecular weight excluding hydrogens is 210 g/mol. The summed E-state index contributed by atoms with van der Waals surface area (Å²) in [6.45, 7) is 2.98. The Labute approximate surface area is 94.2 Å². The maximum Gasteiger partial charge on any atom is 0.319 e. The van der Waals surface area contributed by atoms with Crippen LogP contribution in [0.2, 0.25) is 0 Å². The molecule has 0 spiro atoms. The Balaban J connectivity index is 2.11. The van der Waals surface area contributed by atoms with Crippen LogP contribution in [0.5, 0.6) is 0 Å². The van der Waals surface area contributed by atoms with Gasteiger partial charge in [0.1, 0.15) is 0 Å². The van der Waals surface area contributed by atoms with Crippen LogP contribution in [0.15, 0.2) is 18.5 Å². The average molecular weight is 227 g/mol. The number of aromatic nitrogens is 2. The zero-order valence-electron chi connectivity index (χ0n) is 9.30. The van der Waals surface area contributed by atoms with Crippen LogP contribution in [0.3, 0.4) is 0 Å². The van der Waals surface area contributed by atoms with E-state index in [4.69, 9.17) is 4.74 Å². The van der Waals surface area contributed by atoms with Crippen LogP contribution < -0.4 is 5.32 Å². The second kappa shape index (κ2) is 6.97. The van der Waals surface area contributed by atoms with Gasteiger partial charge in [0.05, 0.1) is 25.8 Å². The van der Waals surface area contributed by atoms with E-state index in [1.165, 1.54) is 0 Å². The minimum atomic E-state index is -0.575.